The van der Waals surface area contributed by atoms with Crippen LogP contribution in [0.15, 0.2) is 71.1 Å². The number of hydrogen-bond acceptors (Lipinski definition) is 6. The van der Waals surface area contributed by atoms with Crippen molar-refractivity contribution in [3.63, 3.8) is 0 Å². The predicted octanol–water partition coefficient (Wildman–Crippen LogP) is 5.60. The quantitative estimate of drug-likeness (QED) is 0.425. The molecule has 6 nitrogen and oxygen atoms in total. The molecule has 0 radical (unpaired) electrons. The van der Waals surface area contributed by atoms with E-state index in [9.17, 15) is 5.11 Å². The lowest BCUT2D eigenvalue weighted by Crippen LogP contribution is -2.10. The van der Waals surface area contributed by atoms with Crippen molar-refractivity contribution < 1.29 is 14.3 Å². The second-order valence-electron chi connectivity index (χ2n) is 7.23. The fourth-order valence-electron chi connectivity index (χ4n) is 3.45. The first kappa shape index (κ1) is 18.1. The van der Waals surface area contributed by atoms with Crippen LogP contribution in [0.1, 0.15) is 13.8 Å². The molecule has 0 unspecified atom stereocenters. The topological polar surface area (TPSA) is 81.3 Å². The van der Waals surface area contributed by atoms with Gasteiger partial charge in [0.15, 0.2) is 11.6 Å². The van der Waals surface area contributed by atoms with Crippen LogP contribution in [0.3, 0.4) is 0 Å². The van der Waals surface area contributed by atoms with Gasteiger partial charge < -0.3 is 14.3 Å². The monoisotopic (exact) mass is 397 g/mol. The zero-order chi connectivity index (χ0) is 20.7. The number of aromatic nitrogens is 3. The molecule has 5 aromatic rings. The van der Waals surface area contributed by atoms with Crippen molar-refractivity contribution in [2.45, 2.75) is 20.0 Å². The largest absolute Gasteiger partial charge is 0.507 e. The van der Waals surface area contributed by atoms with E-state index in [1.807, 2.05) is 62.4 Å². The molecule has 0 spiro atoms. The number of aromatic hydroxyl groups is 1. The molecular weight excluding hydrogens is 378 g/mol. The summed E-state index contributed by atoms with van der Waals surface area (Å²) in [6, 6.07) is 20.9. The zero-order valence-corrected chi connectivity index (χ0v) is 16.5. The normalized spacial score (nSPS) is 11.4. The molecule has 0 aliphatic carbocycles. The van der Waals surface area contributed by atoms with Crippen LogP contribution >= 0.6 is 0 Å². The van der Waals surface area contributed by atoms with E-state index in [0.717, 1.165) is 21.9 Å². The van der Waals surface area contributed by atoms with E-state index in [4.69, 9.17) is 9.15 Å². The maximum atomic E-state index is 10.3. The molecule has 5 rings (SSSR count). The Morgan fingerprint density at radius 1 is 0.767 bits per heavy atom. The first-order valence-corrected chi connectivity index (χ1v) is 9.72. The molecule has 0 aliphatic heterocycles. The molecule has 2 heterocycles. The number of fused-ring (bicyclic) bond motifs is 3. The molecule has 148 valence electrons. The van der Waals surface area contributed by atoms with Gasteiger partial charge in [-0.3, -0.25) is 0 Å². The highest BCUT2D eigenvalue weighted by molar-refractivity contribution is 6.09. The molecular formula is C24H19N3O3. The summed E-state index contributed by atoms with van der Waals surface area (Å²) in [6.45, 7) is 3.81. The number of phenols is 1. The van der Waals surface area contributed by atoms with Crippen molar-refractivity contribution in [2.75, 3.05) is 0 Å². The number of hydrogen-bond donors (Lipinski definition) is 1. The molecule has 3 aromatic carbocycles. The molecule has 0 atom stereocenters. The standard InChI is InChI=1S/C24H19N3O3/c1-14(2)29-24-26-22(17-9-3-5-12-19(17)28)25-23(27-24)18-11-7-10-16-15-8-4-6-13-20(15)30-21(16)18/h3-14,28H,1-2H3. The number of benzene rings is 3. The molecule has 0 fully saturated rings. The second-order valence-corrected chi connectivity index (χ2v) is 7.23. The Labute approximate surface area is 172 Å². The fraction of sp³-hybridized carbons (Fsp3) is 0.125. The van der Waals surface area contributed by atoms with Gasteiger partial charge in [0.25, 0.3) is 0 Å². The highest BCUT2D eigenvalue weighted by atomic mass is 16.5. The zero-order valence-electron chi connectivity index (χ0n) is 16.5. The fourth-order valence-corrected chi connectivity index (χ4v) is 3.45. The van der Waals surface area contributed by atoms with Crippen LogP contribution in [-0.2, 0) is 0 Å². The number of ether oxygens (including phenoxy) is 1. The summed E-state index contributed by atoms with van der Waals surface area (Å²) in [7, 11) is 0. The number of furan rings is 1. The van der Waals surface area contributed by atoms with Crippen molar-refractivity contribution in [3.8, 4) is 34.5 Å². The van der Waals surface area contributed by atoms with Crippen molar-refractivity contribution in [3.05, 3.63) is 66.7 Å². The number of para-hydroxylation sites is 3. The van der Waals surface area contributed by atoms with Crippen LogP contribution in [-0.4, -0.2) is 26.2 Å². The van der Waals surface area contributed by atoms with E-state index in [1.165, 1.54) is 0 Å². The number of rotatable bonds is 4. The molecule has 1 N–H and O–H groups in total. The lowest BCUT2D eigenvalue weighted by molar-refractivity contribution is 0.222. The summed E-state index contributed by atoms with van der Waals surface area (Å²) in [5.74, 6) is 0.845. The van der Waals surface area contributed by atoms with Gasteiger partial charge in [0, 0.05) is 10.8 Å². The highest BCUT2D eigenvalue weighted by Crippen LogP contribution is 2.36. The Hall–Kier alpha value is -3.93. The summed E-state index contributed by atoms with van der Waals surface area (Å²) in [6.07, 6.45) is -0.112. The van der Waals surface area contributed by atoms with Gasteiger partial charge in [-0.25, -0.2) is 4.98 Å². The molecule has 2 aromatic heterocycles. The van der Waals surface area contributed by atoms with Crippen molar-refractivity contribution in [1.29, 1.82) is 0 Å². The Balaban J connectivity index is 1.76. The third-order valence-corrected chi connectivity index (χ3v) is 4.75. The molecule has 30 heavy (non-hydrogen) atoms. The van der Waals surface area contributed by atoms with E-state index in [1.54, 1.807) is 18.2 Å². The van der Waals surface area contributed by atoms with E-state index in [-0.39, 0.29) is 17.9 Å². The van der Waals surface area contributed by atoms with Gasteiger partial charge in [0.1, 0.15) is 16.9 Å². The maximum absolute atomic E-state index is 10.3. The van der Waals surface area contributed by atoms with Crippen LogP contribution in [0.5, 0.6) is 11.8 Å². The predicted molar refractivity (Wildman–Crippen MR) is 115 cm³/mol. The third-order valence-electron chi connectivity index (χ3n) is 4.75. The average molecular weight is 397 g/mol. The summed E-state index contributed by atoms with van der Waals surface area (Å²) in [5, 5.41) is 12.3. The van der Waals surface area contributed by atoms with Gasteiger partial charge >= 0.3 is 6.01 Å². The summed E-state index contributed by atoms with van der Waals surface area (Å²) >= 11 is 0. The average Bonchev–Trinajstić information content (AvgIpc) is 3.12. The lowest BCUT2D eigenvalue weighted by atomic mass is 10.1. The minimum absolute atomic E-state index is 0.0899. The van der Waals surface area contributed by atoms with Gasteiger partial charge in [0.2, 0.25) is 0 Å². The maximum Gasteiger partial charge on any atom is 0.320 e. The van der Waals surface area contributed by atoms with Gasteiger partial charge in [-0.2, -0.15) is 9.97 Å². The van der Waals surface area contributed by atoms with Crippen molar-refractivity contribution >= 4 is 21.9 Å². The van der Waals surface area contributed by atoms with Gasteiger partial charge in [-0.15, -0.1) is 0 Å². The molecule has 0 saturated carbocycles. The van der Waals surface area contributed by atoms with Crippen molar-refractivity contribution in [2.24, 2.45) is 0 Å². The minimum Gasteiger partial charge on any atom is -0.507 e. The Morgan fingerprint density at radius 2 is 1.43 bits per heavy atom. The Morgan fingerprint density at radius 3 is 2.23 bits per heavy atom. The third kappa shape index (κ3) is 3.12. The highest BCUT2D eigenvalue weighted by Gasteiger charge is 2.18. The smallest absolute Gasteiger partial charge is 0.320 e. The van der Waals surface area contributed by atoms with Crippen LogP contribution < -0.4 is 4.74 Å². The van der Waals surface area contributed by atoms with Crippen LogP contribution in [0, 0.1) is 0 Å². The van der Waals surface area contributed by atoms with Crippen LogP contribution in [0.25, 0.3) is 44.7 Å². The molecule has 0 bridgehead atoms. The van der Waals surface area contributed by atoms with Gasteiger partial charge in [0.05, 0.1) is 17.2 Å². The summed E-state index contributed by atoms with van der Waals surface area (Å²) in [4.78, 5) is 13.6. The molecule has 0 amide bonds. The van der Waals surface area contributed by atoms with E-state index in [2.05, 4.69) is 15.0 Å². The summed E-state index contributed by atoms with van der Waals surface area (Å²) in [5.41, 5.74) is 2.74. The van der Waals surface area contributed by atoms with Crippen molar-refractivity contribution in [1.82, 2.24) is 15.0 Å². The SMILES string of the molecule is CC(C)Oc1nc(-c2ccccc2O)nc(-c2cccc3c2oc2ccccc23)n1. The van der Waals surface area contributed by atoms with Gasteiger partial charge in [-0.1, -0.05) is 42.5 Å². The van der Waals surface area contributed by atoms with Crippen LogP contribution in [0.4, 0.5) is 0 Å². The van der Waals surface area contributed by atoms with E-state index < -0.39 is 0 Å². The minimum atomic E-state index is -0.112. The Bertz CT molecular complexity index is 1380. The van der Waals surface area contributed by atoms with Crippen LogP contribution in [0.2, 0.25) is 0 Å². The lowest BCUT2D eigenvalue weighted by Gasteiger charge is -2.11. The molecule has 0 saturated heterocycles. The number of phenolic OH excluding ortho intramolecular Hbond substituents is 1. The van der Waals surface area contributed by atoms with Gasteiger partial charge in [-0.05, 0) is 38.1 Å². The Kier molecular flexibility index (Phi) is 4.32. The first-order valence-electron chi connectivity index (χ1n) is 9.72. The number of nitrogens with zero attached hydrogens (tertiary/aromatic N) is 3. The molecule has 6 heteroatoms. The van der Waals surface area contributed by atoms with E-state index >= 15 is 0 Å². The summed E-state index contributed by atoms with van der Waals surface area (Å²) < 4.78 is 11.9. The second kappa shape index (κ2) is 7.15. The first-order chi connectivity index (χ1) is 14.6. The van der Waals surface area contributed by atoms with E-state index in [0.29, 0.717) is 22.8 Å². The molecule has 0 aliphatic rings.